The highest BCUT2D eigenvalue weighted by Gasteiger charge is 2.58. The summed E-state index contributed by atoms with van der Waals surface area (Å²) in [6, 6.07) is 17.4. The number of benzene rings is 3. The fourth-order valence-corrected chi connectivity index (χ4v) is 11.4. The van der Waals surface area contributed by atoms with Gasteiger partial charge in [0, 0.05) is 29.4 Å². The molecule has 6 aliphatic rings. The molecule has 3 aromatic rings. The SMILES string of the molecule is O=C(CCCCC1CCSS1)Oc1ccc(C23C4=CC(=O)C5=C2c2c(ccc6c2-c2c(ccc(c23)C4)C6)C5)cc1. The number of esters is 1. The first-order chi connectivity index (χ1) is 19.6. The quantitative estimate of drug-likeness (QED) is 0.101. The van der Waals surface area contributed by atoms with Crippen LogP contribution in [0, 0.1) is 0 Å². The summed E-state index contributed by atoms with van der Waals surface area (Å²) >= 11 is 0. The molecule has 2 atom stereocenters. The molecule has 2 unspecified atom stereocenters. The van der Waals surface area contributed by atoms with Gasteiger partial charge in [0.25, 0.3) is 0 Å². The topological polar surface area (TPSA) is 43.4 Å². The van der Waals surface area contributed by atoms with E-state index in [2.05, 4.69) is 36.4 Å². The van der Waals surface area contributed by atoms with E-state index in [4.69, 9.17) is 4.74 Å². The second-order valence-corrected chi connectivity index (χ2v) is 14.8. The number of carbonyl (C=O) groups is 2. The minimum Gasteiger partial charge on any atom is -0.427 e. The van der Waals surface area contributed by atoms with Gasteiger partial charge in [0.1, 0.15) is 5.75 Å². The molecule has 1 fully saturated rings. The zero-order chi connectivity index (χ0) is 26.6. The molecule has 0 saturated carbocycles. The minimum absolute atomic E-state index is 0.153. The van der Waals surface area contributed by atoms with Crippen LogP contribution in [0.25, 0.3) is 16.7 Å². The number of hydrogen-bond donors (Lipinski definition) is 0. The normalized spacial score (nSPS) is 23.8. The van der Waals surface area contributed by atoms with E-state index in [0.29, 0.717) is 12.2 Å². The lowest BCUT2D eigenvalue weighted by atomic mass is 9.58. The first-order valence-electron chi connectivity index (χ1n) is 14.5. The van der Waals surface area contributed by atoms with Crippen molar-refractivity contribution in [2.75, 3.05) is 5.75 Å². The Balaban J connectivity index is 1.07. The zero-order valence-corrected chi connectivity index (χ0v) is 23.8. The van der Waals surface area contributed by atoms with Gasteiger partial charge < -0.3 is 4.74 Å². The summed E-state index contributed by atoms with van der Waals surface area (Å²) in [7, 11) is 3.97. The van der Waals surface area contributed by atoms with E-state index < -0.39 is 5.41 Å². The monoisotopic (exact) mass is 560 g/mol. The van der Waals surface area contributed by atoms with Gasteiger partial charge in [-0.3, -0.25) is 9.59 Å². The molecular formula is C35H28O3S2. The summed E-state index contributed by atoms with van der Waals surface area (Å²) in [6.45, 7) is 0. The van der Waals surface area contributed by atoms with Gasteiger partial charge in [0.15, 0.2) is 5.78 Å². The molecule has 0 amide bonds. The molecule has 3 aromatic carbocycles. The molecule has 1 aliphatic heterocycles. The maximum Gasteiger partial charge on any atom is 0.311 e. The highest BCUT2D eigenvalue weighted by molar-refractivity contribution is 8.77. The van der Waals surface area contributed by atoms with Crippen LogP contribution in [0.1, 0.15) is 71.0 Å². The summed E-state index contributed by atoms with van der Waals surface area (Å²) < 4.78 is 5.77. The van der Waals surface area contributed by atoms with Gasteiger partial charge in [0.2, 0.25) is 0 Å². The first-order valence-corrected chi connectivity index (χ1v) is 16.9. The van der Waals surface area contributed by atoms with Crippen LogP contribution < -0.4 is 4.74 Å². The van der Waals surface area contributed by atoms with Crippen LogP contribution in [0.4, 0.5) is 0 Å². The summed E-state index contributed by atoms with van der Waals surface area (Å²) in [5.41, 5.74) is 15.1. The molecule has 0 aromatic heterocycles. The smallest absolute Gasteiger partial charge is 0.311 e. The number of carbonyl (C=O) groups excluding carboxylic acids is 2. The van der Waals surface area contributed by atoms with Gasteiger partial charge in [-0.25, -0.2) is 0 Å². The fraction of sp³-hybridized carbons (Fsp3) is 0.314. The Morgan fingerprint density at radius 2 is 1.65 bits per heavy atom. The average molecular weight is 561 g/mol. The van der Waals surface area contributed by atoms with Gasteiger partial charge >= 0.3 is 5.97 Å². The van der Waals surface area contributed by atoms with E-state index in [9.17, 15) is 9.59 Å². The molecule has 0 spiro atoms. The van der Waals surface area contributed by atoms with Gasteiger partial charge in [0.05, 0.1) is 5.41 Å². The average Bonchev–Trinajstić information content (AvgIpc) is 3.74. The molecule has 5 heteroatoms. The summed E-state index contributed by atoms with van der Waals surface area (Å²) in [5, 5.41) is 0.751. The third kappa shape index (κ3) is 3.06. The van der Waals surface area contributed by atoms with Crippen molar-refractivity contribution in [1.29, 1.82) is 0 Å². The van der Waals surface area contributed by atoms with Crippen LogP contribution >= 0.6 is 21.6 Å². The predicted octanol–water partition coefficient (Wildman–Crippen LogP) is 7.55. The lowest BCUT2D eigenvalue weighted by molar-refractivity contribution is -0.134. The van der Waals surface area contributed by atoms with Crippen LogP contribution in [0.5, 0.6) is 5.75 Å². The highest BCUT2D eigenvalue weighted by atomic mass is 33.1. The molecule has 3 nitrogen and oxygen atoms in total. The lowest BCUT2D eigenvalue weighted by Crippen LogP contribution is -2.35. The Kier molecular flexibility index (Phi) is 5.03. The number of unbranched alkanes of at least 4 members (excludes halogenated alkanes) is 1. The van der Waals surface area contributed by atoms with E-state index in [1.165, 1.54) is 79.8 Å². The highest BCUT2D eigenvalue weighted by Crippen LogP contribution is 2.68. The Morgan fingerprint density at radius 1 is 0.875 bits per heavy atom. The van der Waals surface area contributed by atoms with Gasteiger partial charge in [-0.15, -0.1) is 0 Å². The lowest BCUT2D eigenvalue weighted by Gasteiger charge is -2.42. The standard InChI is InChI=1S/C35H28O3S2/c36-28-18-24-16-22-8-7-20-15-19-5-6-21-17-27(28)34-32(21)30(19)31(20)33(22)35(24,34)23-9-11-25(12-10-23)38-29(37)4-2-1-3-26-13-14-39-40-26/h5-12,18,26H,1-4,13-17H2. The number of ether oxygens (including phenoxy) is 1. The van der Waals surface area contributed by atoms with Crippen molar-refractivity contribution >= 4 is 38.9 Å². The van der Waals surface area contributed by atoms with Gasteiger partial charge in [-0.05, 0) is 112 Å². The molecule has 40 heavy (non-hydrogen) atoms. The molecule has 5 aliphatic carbocycles. The molecular weight excluding hydrogens is 533 g/mol. The Morgan fingerprint density at radius 3 is 2.45 bits per heavy atom. The number of rotatable bonds is 7. The second-order valence-electron chi connectivity index (χ2n) is 12.0. The van der Waals surface area contributed by atoms with E-state index in [1.54, 1.807) is 0 Å². The molecule has 0 radical (unpaired) electrons. The van der Waals surface area contributed by atoms with Gasteiger partial charge in [-0.2, -0.15) is 0 Å². The molecule has 0 N–H and O–H groups in total. The van der Waals surface area contributed by atoms with Crippen LogP contribution in [0.2, 0.25) is 0 Å². The van der Waals surface area contributed by atoms with Crippen LogP contribution in [-0.2, 0) is 34.3 Å². The molecule has 1 heterocycles. The first kappa shape index (κ1) is 23.7. The maximum absolute atomic E-state index is 13.5. The summed E-state index contributed by atoms with van der Waals surface area (Å²) in [5.74, 6) is 1.88. The Hall–Kier alpha value is -3.02. The van der Waals surface area contributed by atoms with E-state index in [0.717, 1.165) is 42.9 Å². The van der Waals surface area contributed by atoms with Crippen molar-refractivity contribution in [2.24, 2.45) is 0 Å². The van der Waals surface area contributed by atoms with Crippen molar-refractivity contribution in [3.8, 4) is 16.9 Å². The predicted molar refractivity (Wildman–Crippen MR) is 162 cm³/mol. The number of allylic oxidation sites excluding steroid dienone is 4. The summed E-state index contributed by atoms with van der Waals surface area (Å²) in [4.78, 5) is 26.1. The van der Waals surface area contributed by atoms with Crippen LogP contribution in [0.15, 0.2) is 65.8 Å². The van der Waals surface area contributed by atoms with Crippen LogP contribution in [0.3, 0.4) is 0 Å². The molecule has 9 rings (SSSR count). The van der Waals surface area contributed by atoms with Crippen molar-refractivity contribution in [1.82, 2.24) is 0 Å². The third-order valence-electron chi connectivity index (χ3n) is 9.92. The fourth-order valence-electron chi connectivity index (χ4n) is 8.34. The maximum atomic E-state index is 13.5. The zero-order valence-electron chi connectivity index (χ0n) is 22.2. The van der Waals surface area contributed by atoms with Crippen molar-refractivity contribution in [2.45, 2.75) is 62.0 Å². The summed E-state index contributed by atoms with van der Waals surface area (Å²) in [6.07, 6.45) is 9.32. The minimum atomic E-state index is -0.426. The molecule has 0 bridgehead atoms. The molecule has 198 valence electrons. The van der Waals surface area contributed by atoms with E-state index in [1.807, 2.05) is 39.8 Å². The Bertz CT molecular complexity index is 1740. The van der Waals surface area contributed by atoms with Crippen molar-refractivity contribution in [3.05, 3.63) is 105 Å². The Labute approximate surface area is 241 Å². The van der Waals surface area contributed by atoms with Crippen LogP contribution in [-0.4, -0.2) is 22.8 Å². The van der Waals surface area contributed by atoms with Gasteiger partial charge in [-0.1, -0.05) is 64.4 Å². The largest absolute Gasteiger partial charge is 0.427 e. The number of ketones is 1. The van der Waals surface area contributed by atoms with Crippen molar-refractivity contribution < 1.29 is 14.3 Å². The second kappa shape index (κ2) is 8.50. The number of hydrogen-bond acceptors (Lipinski definition) is 5. The third-order valence-corrected chi connectivity index (χ3v) is 12.9. The van der Waals surface area contributed by atoms with E-state index in [-0.39, 0.29) is 11.8 Å². The van der Waals surface area contributed by atoms with E-state index >= 15 is 0 Å². The molecule has 1 saturated heterocycles. The van der Waals surface area contributed by atoms with Crippen molar-refractivity contribution in [3.63, 3.8) is 0 Å².